The maximum Gasteiger partial charge on any atom is 0.573 e. The van der Waals surface area contributed by atoms with Gasteiger partial charge in [0.05, 0.1) is 5.57 Å². The summed E-state index contributed by atoms with van der Waals surface area (Å²) < 4.78 is 40.5. The molecule has 5 N–H and O–H groups in total. The summed E-state index contributed by atoms with van der Waals surface area (Å²) in [5.41, 5.74) is 1.83. The summed E-state index contributed by atoms with van der Waals surface area (Å²) in [5, 5.41) is 24.7. The zero-order valence-electron chi connectivity index (χ0n) is 15.7. The number of nitrogens with one attached hydrogen (secondary N) is 5. The maximum absolute atomic E-state index is 12.2. The first-order valence-corrected chi connectivity index (χ1v) is 8.74. The van der Waals surface area contributed by atoms with Crippen LogP contribution in [0.1, 0.15) is 5.56 Å². The number of likely N-dealkylation sites (N-methyl/N-ethyl adjacent to an activating group) is 1. The molecule has 0 bridgehead atoms. The predicted octanol–water partition coefficient (Wildman–Crippen LogP) is 3.89. The van der Waals surface area contributed by atoms with Crippen molar-refractivity contribution in [2.45, 2.75) is 12.8 Å². The second-order valence-electron chi connectivity index (χ2n) is 5.94. The second-order valence-corrected chi connectivity index (χ2v) is 5.94. The number of anilines is 1. The Morgan fingerprint density at radius 1 is 1.00 bits per heavy atom. The molecular formula is C20H22F3N5O. The number of rotatable bonds is 8. The Hall–Kier alpha value is -3.49. The molecule has 0 amide bonds. The Kier molecular flexibility index (Phi) is 7.64. The van der Waals surface area contributed by atoms with E-state index in [0.29, 0.717) is 12.2 Å². The van der Waals surface area contributed by atoms with E-state index in [1.54, 1.807) is 13.2 Å². The Balaban J connectivity index is 1.98. The molecule has 0 aliphatic rings. The fourth-order valence-corrected chi connectivity index (χ4v) is 2.39. The van der Waals surface area contributed by atoms with Crippen LogP contribution in [0.4, 0.5) is 18.9 Å². The van der Waals surface area contributed by atoms with Crippen LogP contribution in [0, 0.1) is 10.8 Å². The van der Waals surface area contributed by atoms with E-state index in [9.17, 15) is 13.2 Å². The molecule has 0 aromatic heterocycles. The van der Waals surface area contributed by atoms with E-state index in [-0.39, 0.29) is 23.0 Å². The van der Waals surface area contributed by atoms with Gasteiger partial charge in [-0.15, -0.1) is 13.2 Å². The molecule has 0 heterocycles. The molecule has 2 aromatic rings. The smallest absolute Gasteiger partial charge is 0.406 e. The molecule has 0 saturated heterocycles. The normalized spacial score (nSPS) is 11.5. The van der Waals surface area contributed by atoms with Crippen molar-refractivity contribution in [3.63, 3.8) is 0 Å². The quantitative estimate of drug-likeness (QED) is 0.262. The SMILES string of the molecule is CNC(=N)/C(=C\NCCc1ccccc1)C(=N)Nc1ccc(OC(F)(F)F)cc1. The van der Waals surface area contributed by atoms with Gasteiger partial charge in [-0.05, 0) is 36.2 Å². The van der Waals surface area contributed by atoms with Crippen LogP contribution < -0.4 is 20.7 Å². The van der Waals surface area contributed by atoms with Crippen molar-refractivity contribution >= 4 is 17.4 Å². The van der Waals surface area contributed by atoms with E-state index < -0.39 is 6.36 Å². The number of benzene rings is 2. The number of hydrogen-bond donors (Lipinski definition) is 5. The van der Waals surface area contributed by atoms with Gasteiger partial charge in [0.25, 0.3) is 0 Å². The summed E-state index contributed by atoms with van der Waals surface area (Å²) in [7, 11) is 1.57. The molecule has 154 valence electrons. The fourth-order valence-electron chi connectivity index (χ4n) is 2.39. The summed E-state index contributed by atoms with van der Waals surface area (Å²) in [6, 6.07) is 14.9. The Bertz CT molecular complexity index is 849. The highest BCUT2D eigenvalue weighted by Gasteiger charge is 2.30. The number of amidine groups is 2. The first-order chi connectivity index (χ1) is 13.8. The Morgan fingerprint density at radius 2 is 1.66 bits per heavy atom. The van der Waals surface area contributed by atoms with Gasteiger partial charge in [-0.1, -0.05) is 30.3 Å². The molecule has 9 heteroatoms. The molecule has 0 saturated carbocycles. The minimum atomic E-state index is -4.76. The van der Waals surface area contributed by atoms with E-state index in [1.807, 2.05) is 30.3 Å². The van der Waals surface area contributed by atoms with Crippen molar-refractivity contribution in [1.29, 1.82) is 10.8 Å². The molecule has 0 unspecified atom stereocenters. The maximum atomic E-state index is 12.2. The van der Waals surface area contributed by atoms with Crippen LogP contribution in [-0.4, -0.2) is 31.6 Å². The highest BCUT2D eigenvalue weighted by molar-refractivity contribution is 6.24. The molecule has 0 radical (unpaired) electrons. The van der Waals surface area contributed by atoms with Crippen LogP contribution in [-0.2, 0) is 6.42 Å². The van der Waals surface area contributed by atoms with E-state index in [2.05, 4.69) is 20.7 Å². The minimum absolute atomic E-state index is 0.0201. The summed E-state index contributed by atoms with van der Waals surface area (Å²) in [5.74, 6) is -0.413. The lowest BCUT2D eigenvalue weighted by atomic mass is 10.1. The van der Waals surface area contributed by atoms with Crippen molar-refractivity contribution in [2.24, 2.45) is 0 Å². The molecule has 0 spiro atoms. The number of ether oxygens (including phenoxy) is 1. The van der Waals surface area contributed by atoms with Gasteiger partial charge in [0.2, 0.25) is 0 Å². The lowest BCUT2D eigenvalue weighted by molar-refractivity contribution is -0.274. The van der Waals surface area contributed by atoms with Crippen molar-refractivity contribution in [1.82, 2.24) is 10.6 Å². The molecule has 2 aromatic carbocycles. The van der Waals surface area contributed by atoms with E-state index >= 15 is 0 Å². The highest BCUT2D eigenvalue weighted by atomic mass is 19.4. The number of halogens is 3. The van der Waals surface area contributed by atoms with Gasteiger partial charge in [-0.2, -0.15) is 0 Å². The third-order valence-electron chi connectivity index (χ3n) is 3.79. The van der Waals surface area contributed by atoms with Gasteiger partial charge in [-0.25, -0.2) is 0 Å². The zero-order chi connectivity index (χ0) is 21.3. The fraction of sp³-hybridized carbons (Fsp3) is 0.200. The molecule has 0 atom stereocenters. The van der Waals surface area contributed by atoms with Crippen LogP contribution in [0.5, 0.6) is 5.75 Å². The largest absolute Gasteiger partial charge is 0.573 e. The monoisotopic (exact) mass is 405 g/mol. The van der Waals surface area contributed by atoms with Crippen LogP contribution in [0.2, 0.25) is 0 Å². The average molecular weight is 405 g/mol. The predicted molar refractivity (Wildman–Crippen MR) is 107 cm³/mol. The molecule has 0 aliphatic carbocycles. The minimum Gasteiger partial charge on any atom is -0.406 e. The van der Waals surface area contributed by atoms with Gasteiger partial charge < -0.3 is 20.7 Å². The zero-order valence-corrected chi connectivity index (χ0v) is 15.7. The standard InChI is InChI=1S/C20H22F3N5O/c1-26-18(24)17(13-27-12-11-14-5-3-2-4-6-14)19(25)28-15-7-9-16(10-8-15)29-20(21,22)23/h2-10,13,27H,11-12H2,1H3,(H2,24,26)(H2,25,28)/b17-13+. The van der Waals surface area contributed by atoms with Crippen molar-refractivity contribution in [3.8, 4) is 5.75 Å². The molecule has 6 nitrogen and oxygen atoms in total. The third kappa shape index (κ3) is 7.57. The van der Waals surface area contributed by atoms with Crippen molar-refractivity contribution in [2.75, 3.05) is 18.9 Å². The van der Waals surface area contributed by atoms with Gasteiger partial charge in [-0.3, -0.25) is 10.8 Å². The van der Waals surface area contributed by atoms with Crippen LogP contribution >= 0.6 is 0 Å². The average Bonchev–Trinajstić information content (AvgIpc) is 2.68. The van der Waals surface area contributed by atoms with Crippen molar-refractivity contribution < 1.29 is 17.9 Å². The van der Waals surface area contributed by atoms with E-state index in [1.165, 1.54) is 12.1 Å². The highest BCUT2D eigenvalue weighted by Crippen LogP contribution is 2.24. The molecular weight excluding hydrogens is 383 g/mol. The molecule has 0 aliphatic heterocycles. The van der Waals surface area contributed by atoms with Gasteiger partial charge in [0.15, 0.2) is 0 Å². The van der Waals surface area contributed by atoms with Crippen LogP contribution in [0.3, 0.4) is 0 Å². The first kappa shape index (κ1) is 21.8. The topological polar surface area (TPSA) is 93.0 Å². The summed E-state index contributed by atoms with van der Waals surface area (Å²) in [4.78, 5) is 0. The Morgan fingerprint density at radius 3 is 2.24 bits per heavy atom. The molecule has 0 fully saturated rings. The first-order valence-electron chi connectivity index (χ1n) is 8.74. The summed E-state index contributed by atoms with van der Waals surface area (Å²) in [6.07, 6.45) is -2.43. The van der Waals surface area contributed by atoms with Crippen LogP contribution in [0.15, 0.2) is 66.4 Å². The van der Waals surface area contributed by atoms with E-state index in [4.69, 9.17) is 10.8 Å². The lowest BCUT2D eigenvalue weighted by Crippen LogP contribution is -2.29. The molecule has 2 rings (SSSR count). The van der Waals surface area contributed by atoms with Gasteiger partial charge in [0, 0.05) is 25.5 Å². The van der Waals surface area contributed by atoms with E-state index in [0.717, 1.165) is 24.1 Å². The summed E-state index contributed by atoms with van der Waals surface area (Å²) in [6.45, 7) is 0.612. The number of alkyl halides is 3. The Labute approximate surface area is 166 Å². The lowest BCUT2D eigenvalue weighted by Gasteiger charge is -2.14. The van der Waals surface area contributed by atoms with Crippen LogP contribution in [0.25, 0.3) is 0 Å². The third-order valence-corrected chi connectivity index (χ3v) is 3.79. The van der Waals surface area contributed by atoms with Gasteiger partial charge in [0.1, 0.15) is 17.4 Å². The number of hydrogen-bond acceptors (Lipinski definition) is 4. The van der Waals surface area contributed by atoms with Gasteiger partial charge >= 0.3 is 6.36 Å². The second kappa shape index (κ2) is 10.2. The molecule has 29 heavy (non-hydrogen) atoms. The summed E-state index contributed by atoms with van der Waals surface area (Å²) >= 11 is 0. The van der Waals surface area contributed by atoms with Crippen molar-refractivity contribution in [3.05, 3.63) is 71.9 Å².